The van der Waals surface area contributed by atoms with Crippen LogP contribution in [-0.4, -0.2) is 41.4 Å². The maximum Gasteiger partial charge on any atom is 0.422 e. The van der Waals surface area contributed by atoms with Gasteiger partial charge in [-0.2, -0.15) is 13.2 Å². The lowest BCUT2D eigenvalue weighted by atomic mass is 10.1. The minimum atomic E-state index is -4.51. The molecule has 0 saturated carbocycles. The van der Waals surface area contributed by atoms with Crippen LogP contribution in [0.1, 0.15) is 16.8 Å². The number of hydrogen-bond acceptors (Lipinski definition) is 4. The van der Waals surface area contributed by atoms with Gasteiger partial charge in [0.25, 0.3) is 5.91 Å². The molecule has 0 aromatic carbocycles. The zero-order valence-corrected chi connectivity index (χ0v) is 11.5. The van der Waals surface area contributed by atoms with Gasteiger partial charge in [-0.25, -0.2) is 4.98 Å². The second-order valence-corrected chi connectivity index (χ2v) is 4.90. The number of nitrogens with one attached hydrogen (secondary N) is 1. The Labute approximate surface area is 124 Å². The minimum absolute atomic E-state index is 0.0181. The first-order valence-corrected chi connectivity index (χ1v) is 6.63. The molecule has 120 valence electrons. The van der Waals surface area contributed by atoms with Crippen LogP contribution in [0.15, 0.2) is 30.5 Å². The van der Waals surface area contributed by atoms with Gasteiger partial charge in [0.05, 0.1) is 0 Å². The predicted molar refractivity (Wildman–Crippen MR) is 71.4 cm³/mol. The zero-order chi connectivity index (χ0) is 16.2. The Hall–Kier alpha value is -2.09. The van der Waals surface area contributed by atoms with Gasteiger partial charge in [0, 0.05) is 24.8 Å². The summed E-state index contributed by atoms with van der Waals surface area (Å²) in [5.74, 6) is -0.961. The van der Waals surface area contributed by atoms with Crippen LogP contribution in [0.5, 0.6) is 5.88 Å². The van der Waals surface area contributed by atoms with Gasteiger partial charge in [-0.3, -0.25) is 4.79 Å². The second-order valence-electron chi connectivity index (χ2n) is 4.90. The van der Waals surface area contributed by atoms with E-state index in [1.807, 2.05) is 0 Å². The number of pyridine rings is 1. The summed E-state index contributed by atoms with van der Waals surface area (Å²) in [5.41, 5.74) is -0.0624. The Morgan fingerprint density at radius 1 is 1.45 bits per heavy atom. The highest BCUT2D eigenvalue weighted by atomic mass is 19.4. The van der Waals surface area contributed by atoms with Crippen molar-refractivity contribution in [1.82, 2.24) is 10.3 Å². The third-order valence-corrected chi connectivity index (χ3v) is 3.11. The number of aliphatic hydroxyl groups is 1. The molecule has 1 heterocycles. The van der Waals surface area contributed by atoms with Crippen molar-refractivity contribution in [1.29, 1.82) is 0 Å². The lowest BCUT2D eigenvalue weighted by molar-refractivity contribution is -0.154. The van der Waals surface area contributed by atoms with Crippen molar-refractivity contribution in [2.75, 3.05) is 13.2 Å². The van der Waals surface area contributed by atoms with Crippen molar-refractivity contribution in [2.45, 2.75) is 18.6 Å². The monoisotopic (exact) mass is 316 g/mol. The number of nitrogens with zero attached hydrogens (tertiary/aromatic N) is 1. The van der Waals surface area contributed by atoms with E-state index in [0.29, 0.717) is 6.42 Å². The maximum atomic E-state index is 12.2. The average molecular weight is 316 g/mol. The van der Waals surface area contributed by atoms with Crippen LogP contribution in [0.25, 0.3) is 0 Å². The first-order valence-electron chi connectivity index (χ1n) is 6.63. The molecule has 1 aliphatic rings. The van der Waals surface area contributed by atoms with E-state index < -0.39 is 18.7 Å². The summed E-state index contributed by atoms with van der Waals surface area (Å²) in [4.78, 5) is 15.8. The fraction of sp³-hybridized carbons (Fsp3) is 0.429. The molecule has 2 atom stereocenters. The van der Waals surface area contributed by atoms with Crippen molar-refractivity contribution in [3.63, 3.8) is 0 Å². The number of carbonyl (C=O) groups excluding carboxylic acids is 1. The summed E-state index contributed by atoms with van der Waals surface area (Å²) >= 11 is 0. The van der Waals surface area contributed by atoms with Gasteiger partial charge < -0.3 is 15.2 Å². The molecule has 1 aliphatic carbocycles. The van der Waals surface area contributed by atoms with Gasteiger partial charge in [-0.1, -0.05) is 12.2 Å². The van der Waals surface area contributed by atoms with Gasteiger partial charge in [0.1, 0.15) is 5.56 Å². The molecule has 0 radical (unpaired) electrons. The molecule has 2 rings (SSSR count). The standard InChI is InChI=1S/C14H15F3N2O3/c15-14(16,17)8-22-13-11(2-1-5-18-13)12(21)19-10-4-3-9(6-10)7-20/h1-5,9-10,20H,6-8H2,(H,19,21)/t9-,10+/m0/s1. The molecular weight excluding hydrogens is 301 g/mol. The number of ether oxygens (including phenoxy) is 1. The van der Waals surface area contributed by atoms with E-state index in [9.17, 15) is 18.0 Å². The summed E-state index contributed by atoms with van der Waals surface area (Å²) in [6.45, 7) is -1.53. The third kappa shape index (κ3) is 4.45. The normalized spacial score (nSPS) is 20.9. The topological polar surface area (TPSA) is 71.5 Å². The van der Waals surface area contributed by atoms with E-state index in [-0.39, 0.29) is 30.0 Å². The molecule has 1 amide bonds. The largest absolute Gasteiger partial charge is 0.467 e. The Bertz CT molecular complexity index is 561. The van der Waals surface area contributed by atoms with Crippen LogP contribution in [-0.2, 0) is 0 Å². The predicted octanol–water partition coefficient (Wildman–Crippen LogP) is 1.69. The molecular formula is C14H15F3N2O3. The van der Waals surface area contributed by atoms with E-state index in [1.165, 1.54) is 18.3 Å². The highest BCUT2D eigenvalue weighted by Gasteiger charge is 2.30. The van der Waals surface area contributed by atoms with E-state index in [1.54, 1.807) is 12.2 Å². The molecule has 1 aromatic heterocycles. The molecule has 5 nitrogen and oxygen atoms in total. The van der Waals surface area contributed by atoms with Crippen LogP contribution in [0.2, 0.25) is 0 Å². The molecule has 0 fully saturated rings. The highest BCUT2D eigenvalue weighted by Crippen LogP contribution is 2.21. The van der Waals surface area contributed by atoms with Gasteiger partial charge >= 0.3 is 6.18 Å². The minimum Gasteiger partial charge on any atom is -0.467 e. The van der Waals surface area contributed by atoms with Crippen molar-refractivity contribution < 1.29 is 27.8 Å². The zero-order valence-electron chi connectivity index (χ0n) is 11.5. The molecule has 22 heavy (non-hydrogen) atoms. The van der Waals surface area contributed by atoms with Crippen LogP contribution in [0, 0.1) is 5.92 Å². The van der Waals surface area contributed by atoms with Gasteiger partial charge in [-0.05, 0) is 18.6 Å². The highest BCUT2D eigenvalue weighted by molar-refractivity contribution is 5.96. The van der Waals surface area contributed by atoms with Crippen molar-refractivity contribution in [2.24, 2.45) is 5.92 Å². The number of halogens is 3. The quantitative estimate of drug-likeness (QED) is 0.811. The summed E-state index contributed by atoms with van der Waals surface area (Å²) in [5, 5.41) is 11.7. The van der Waals surface area contributed by atoms with Crippen LogP contribution in [0.3, 0.4) is 0 Å². The first-order chi connectivity index (χ1) is 10.4. The number of aromatic nitrogens is 1. The van der Waals surface area contributed by atoms with Gasteiger partial charge in [0.15, 0.2) is 6.61 Å². The molecule has 0 saturated heterocycles. The molecule has 0 bridgehead atoms. The lowest BCUT2D eigenvalue weighted by Crippen LogP contribution is -2.33. The van der Waals surface area contributed by atoms with E-state index in [2.05, 4.69) is 15.0 Å². The molecule has 0 aliphatic heterocycles. The SMILES string of the molecule is O=C(N[C@@H]1C=C[C@H](CO)C1)c1cccnc1OCC(F)(F)F. The van der Waals surface area contributed by atoms with E-state index in [4.69, 9.17) is 5.11 Å². The Morgan fingerprint density at radius 3 is 2.86 bits per heavy atom. The maximum absolute atomic E-state index is 12.2. The number of carbonyl (C=O) groups is 1. The van der Waals surface area contributed by atoms with Crippen LogP contribution < -0.4 is 10.1 Å². The number of alkyl halides is 3. The van der Waals surface area contributed by atoms with E-state index in [0.717, 1.165) is 0 Å². The first kappa shape index (κ1) is 16.3. The fourth-order valence-corrected chi connectivity index (χ4v) is 2.09. The van der Waals surface area contributed by atoms with Gasteiger partial charge in [-0.15, -0.1) is 0 Å². The van der Waals surface area contributed by atoms with Crippen molar-refractivity contribution in [3.8, 4) is 5.88 Å². The molecule has 1 aromatic rings. The fourth-order valence-electron chi connectivity index (χ4n) is 2.09. The molecule has 0 unspecified atom stereocenters. The summed E-state index contributed by atoms with van der Waals surface area (Å²) in [6.07, 6.45) is 0.815. The van der Waals surface area contributed by atoms with Gasteiger partial charge in [0.2, 0.25) is 5.88 Å². The number of hydrogen-bond donors (Lipinski definition) is 2. The Morgan fingerprint density at radius 2 is 2.23 bits per heavy atom. The third-order valence-electron chi connectivity index (χ3n) is 3.11. The Kier molecular flexibility index (Phi) is 5.02. The molecule has 8 heteroatoms. The summed E-state index contributed by atoms with van der Waals surface area (Å²) in [6, 6.07) is 2.51. The second kappa shape index (κ2) is 6.78. The summed E-state index contributed by atoms with van der Waals surface area (Å²) in [7, 11) is 0. The smallest absolute Gasteiger partial charge is 0.422 e. The average Bonchev–Trinajstić information content (AvgIpc) is 2.92. The molecule has 2 N–H and O–H groups in total. The number of aliphatic hydroxyl groups excluding tert-OH is 1. The Balaban J connectivity index is 2.02. The number of amides is 1. The molecule has 0 spiro atoms. The van der Waals surface area contributed by atoms with Crippen molar-refractivity contribution >= 4 is 5.91 Å². The van der Waals surface area contributed by atoms with Crippen molar-refractivity contribution in [3.05, 3.63) is 36.0 Å². The lowest BCUT2D eigenvalue weighted by Gasteiger charge is -2.15. The summed E-state index contributed by atoms with van der Waals surface area (Å²) < 4.78 is 41.2. The van der Waals surface area contributed by atoms with Crippen LogP contribution >= 0.6 is 0 Å². The van der Waals surface area contributed by atoms with Crippen LogP contribution in [0.4, 0.5) is 13.2 Å². The van der Waals surface area contributed by atoms with E-state index >= 15 is 0 Å². The number of rotatable bonds is 5.